The summed E-state index contributed by atoms with van der Waals surface area (Å²) in [6, 6.07) is 0. The van der Waals surface area contributed by atoms with E-state index in [0.29, 0.717) is 12.5 Å². The number of unbranched alkanes of at least 4 members (excludes halogenated alkanes) is 1. The van der Waals surface area contributed by atoms with Crippen LogP contribution in [-0.2, 0) is 19.1 Å². The number of rotatable bonds is 10. The van der Waals surface area contributed by atoms with Gasteiger partial charge in [-0.2, -0.15) is 0 Å². The molecule has 4 heteroatoms. The molecule has 0 saturated carbocycles. The summed E-state index contributed by atoms with van der Waals surface area (Å²) in [5, 5.41) is 0. The first-order valence-corrected chi connectivity index (χ1v) is 7.59. The molecule has 0 aliphatic rings. The molecule has 4 nitrogen and oxygen atoms in total. The second kappa shape index (κ2) is 12.2. The standard InChI is InChI=1S/C17H28O4/c1-5-6-12-21-16(18)11-10-14(2)8-7-9-15(3)13-17(19)20-4/h10-11,13-14H,5-9,12H2,1-4H3. The molecule has 1 atom stereocenters. The second-order valence-electron chi connectivity index (χ2n) is 5.26. The maximum atomic E-state index is 11.4. The highest BCUT2D eigenvalue weighted by Crippen LogP contribution is 2.13. The van der Waals surface area contributed by atoms with E-state index in [1.807, 2.05) is 13.0 Å². The molecule has 0 spiro atoms. The molecule has 0 aromatic carbocycles. The lowest BCUT2D eigenvalue weighted by Crippen LogP contribution is -2.03. The summed E-state index contributed by atoms with van der Waals surface area (Å²) in [7, 11) is 1.37. The summed E-state index contributed by atoms with van der Waals surface area (Å²) < 4.78 is 9.62. The van der Waals surface area contributed by atoms with E-state index in [1.165, 1.54) is 19.3 Å². The topological polar surface area (TPSA) is 52.6 Å². The fourth-order valence-corrected chi connectivity index (χ4v) is 1.74. The van der Waals surface area contributed by atoms with E-state index in [-0.39, 0.29) is 11.9 Å². The summed E-state index contributed by atoms with van der Waals surface area (Å²) >= 11 is 0. The molecule has 1 unspecified atom stereocenters. The van der Waals surface area contributed by atoms with Gasteiger partial charge in [-0.15, -0.1) is 0 Å². The van der Waals surface area contributed by atoms with Crippen molar-refractivity contribution in [1.29, 1.82) is 0 Å². The number of ether oxygens (including phenoxy) is 2. The quantitative estimate of drug-likeness (QED) is 0.349. The third-order valence-corrected chi connectivity index (χ3v) is 3.10. The van der Waals surface area contributed by atoms with Crippen molar-refractivity contribution in [2.45, 2.75) is 52.9 Å². The maximum absolute atomic E-state index is 11.4. The van der Waals surface area contributed by atoms with Gasteiger partial charge in [-0.1, -0.05) is 31.9 Å². The molecular weight excluding hydrogens is 268 g/mol. The molecular formula is C17H28O4. The van der Waals surface area contributed by atoms with E-state index in [2.05, 4.69) is 18.6 Å². The first kappa shape index (κ1) is 19.4. The second-order valence-corrected chi connectivity index (χ2v) is 5.26. The minimum atomic E-state index is -0.310. The molecule has 0 aliphatic heterocycles. The highest BCUT2D eigenvalue weighted by atomic mass is 16.5. The van der Waals surface area contributed by atoms with Crippen molar-refractivity contribution in [1.82, 2.24) is 0 Å². The van der Waals surface area contributed by atoms with E-state index in [0.717, 1.165) is 37.7 Å². The van der Waals surface area contributed by atoms with Gasteiger partial charge in [0, 0.05) is 12.2 Å². The highest BCUT2D eigenvalue weighted by Gasteiger charge is 2.02. The van der Waals surface area contributed by atoms with Crippen LogP contribution in [0.2, 0.25) is 0 Å². The van der Waals surface area contributed by atoms with E-state index in [4.69, 9.17) is 4.74 Å². The van der Waals surface area contributed by atoms with Crippen molar-refractivity contribution < 1.29 is 19.1 Å². The van der Waals surface area contributed by atoms with Crippen molar-refractivity contribution in [3.63, 3.8) is 0 Å². The summed E-state index contributed by atoms with van der Waals surface area (Å²) in [5.41, 5.74) is 1.01. The fourth-order valence-electron chi connectivity index (χ4n) is 1.74. The average molecular weight is 296 g/mol. The maximum Gasteiger partial charge on any atom is 0.330 e. The molecule has 0 N–H and O–H groups in total. The summed E-state index contributed by atoms with van der Waals surface area (Å²) in [4.78, 5) is 22.4. The SMILES string of the molecule is CCCCOC(=O)C=CC(C)CCCC(C)=CC(=O)OC. The van der Waals surface area contributed by atoms with Crippen LogP contribution in [0.5, 0.6) is 0 Å². The Kier molecular flexibility index (Phi) is 11.3. The minimum Gasteiger partial charge on any atom is -0.466 e. The molecule has 0 aliphatic carbocycles. The zero-order valence-corrected chi connectivity index (χ0v) is 13.7. The molecule has 0 aromatic rings. The van der Waals surface area contributed by atoms with Gasteiger partial charge in [0.15, 0.2) is 0 Å². The van der Waals surface area contributed by atoms with Crippen LogP contribution >= 0.6 is 0 Å². The first-order chi connectivity index (χ1) is 9.99. The van der Waals surface area contributed by atoms with Crippen molar-refractivity contribution in [2.75, 3.05) is 13.7 Å². The van der Waals surface area contributed by atoms with E-state index >= 15 is 0 Å². The lowest BCUT2D eigenvalue weighted by Gasteiger charge is -2.06. The van der Waals surface area contributed by atoms with E-state index in [1.54, 1.807) is 0 Å². The van der Waals surface area contributed by atoms with Gasteiger partial charge >= 0.3 is 11.9 Å². The van der Waals surface area contributed by atoms with Gasteiger partial charge < -0.3 is 9.47 Å². The lowest BCUT2D eigenvalue weighted by molar-refractivity contribution is -0.138. The number of methoxy groups -OCH3 is 1. The Morgan fingerprint density at radius 1 is 1.19 bits per heavy atom. The number of hydrogen-bond acceptors (Lipinski definition) is 4. The minimum absolute atomic E-state index is 0.267. The Morgan fingerprint density at radius 3 is 2.52 bits per heavy atom. The predicted octanol–water partition coefficient (Wildman–Crippen LogP) is 3.81. The molecule has 0 rings (SSSR count). The van der Waals surface area contributed by atoms with Crippen LogP contribution in [0.25, 0.3) is 0 Å². The molecule has 0 bridgehead atoms. The Balaban J connectivity index is 3.89. The fraction of sp³-hybridized carbons (Fsp3) is 0.647. The van der Waals surface area contributed by atoms with Crippen LogP contribution in [0.15, 0.2) is 23.8 Å². The monoisotopic (exact) mass is 296 g/mol. The Morgan fingerprint density at radius 2 is 1.90 bits per heavy atom. The summed E-state index contributed by atoms with van der Waals surface area (Å²) in [5.74, 6) is -0.262. The van der Waals surface area contributed by atoms with Crippen molar-refractivity contribution >= 4 is 11.9 Å². The zero-order chi connectivity index (χ0) is 16.1. The van der Waals surface area contributed by atoms with Gasteiger partial charge in [0.1, 0.15) is 0 Å². The summed E-state index contributed by atoms with van der Waals surface area (Å²) in [6.45, 7) is 6.53. The largest absolute Gasteiger partial charge is 0.466 e. The molecule has 120 valence electrons. The van der Waals surface area contributed by atoms with Gasteiger partial charge in [0.2, 0.25) is 0 Å². The molecule has 0 fully saturated rings. The number of carbonyl (C=O) groups is 2. The van der Waals surface area contributed by atoms with Crippen LogP contribution in [-0.4, -0.2) is 25.7 Å². The van der Waals surface area contributed by atoms with Crippen LogP contribution < -0.4 is 0 Å². The predicted molar refractivity (Wildman–Crippen MR) is 83.8 cm³/mol. The Bertz CT molecular complexity index is 369. The third-order valence-electron chi connectivity index (χ3n) is 3.10. The van der Waals surface area contributed by atoms with Crippen LogP contribution in [0.4, 0.5) is 0 Å². The number of allylic oxidation sites excluding steroid dienone is 2. The van der Waals surface area contributed by atoms with Crippen LogP contribution in [0.1, 0.15) is 52.9 Å². The molecule has 0 saturated heterocycles. The molecule has 0 aromatic heterocycles. The van der Waals surface area contributed by atoms with Crippen LogP contribution in [0, 0.1) is 5.92 Å². The van der Waals surface area contributed by atoms with E-state index < -0.39 is 0 Å². The summed E-state index contributed by atoms with van der Waals surface area (Å²) in [6.07, 6.45) is 9.62. The Hall–Kier alpha value is -1.58. The lowest BCUT2D eigenvalue weighted by atomic mass is 10.0. The van der Waals surface area contributed by atoms with Gasteiger partial charge in [0.05, 0.1) is 13.7 Å². The van der Waals surface area contributed by atoms with Gasteiger partial charge in [-0.25, -0.2) is 9.59 Å². The number of hydrogen-bond donors (Lipinski definition) is 0. The smallest absolute Gasteiger partial charge is 0.330 e. The highest BCUT2D eigenvalue weighted by molar-refractivity contribution is 5.82. The van der Waals surface area contributed by atoms with Crippen LogP contribution in [0.3, 0.4) is 0 Å². The van der Waals surface area contributed by atoms with Crippen molar-refractivity contribution in [2.24, 2.45) is 5.92 Å². The molecule has 0 heterocycles. The average Bonchev–Trinajstić information content (AvgIpc) is 2.45. The third kappa shape index (κ3) is 11.9. The molecule has 21 heavy (non-hydrogen) atoms. The van der Waals surface area contributed by atoms with E-state index in [9.17, 15) is 9.59 Å². The van der Waals surface area contributed by atoms with Gasteiger partial charge in [-0.3, -0.25) is 0 Å². The van der Waals surface area contributed by atoms with Gasteiger partial charge in [-0.05, 0) is 38.5 Å². The normalized spacial score (nSPS) is 13.2. The molecule has 0 amide bonds. The zero-order valence-electron chi connectivity index (χ0n) is 13.7. The van der Waals surface area contributed by atoms with Crippen molar-refractivity contribution in [3.8, 4) is 0 Å². The van der Waals surface area contributed by atoms with Crippen molar-refractivity contribution in [3.05, 3.63) is 23.8 Å². The Labute approximate surface area is 128 Å². The number of esters is 2. The first-order valence-electron chi connectivity index (χ1n) is 7.59. The molecule has 0 radical (unpaired) electrons. The number of carbonyl (C=O) groups excluding carboxylic acids is 2. The van der Waals surface area contributed by atoms with Gasteiger partial charge in [0.25, 0.3) is 0 Å².